The van der Waals surface area contributed by atoms with E-state index in [-0.39, 0.29) is 18.1 Å². The molecule has 0 saturated heterocycles. The summed E-state index contributed by atoms with van der Waals surface area (Å²) in [5, 5.41) is 8.83. The van der Waals surface area contributed by atoms with E-state index < -0.39 is 9.84 Å². The highest BCUT2D eigenvalue weighted by atomic mass is 32.2. The van der Waals surface area contributed by atoms with Crippen LogP contribution in [0, 0.1) is 0 Å². The summed E-state index contributed by atoms with van der Waals surface area (Å²) in [5.41, 5.74) is 0. The topological polar surface area (TPSA) is 57.6 Å². The summed E-state index contributed by atoms with van der Waals surface area (Å²) >= 11 is 0. The summed E-state index contributed by atoms with van der Waals surface area (Å²) in [4.78, 5) is 2.09. The lowest BCUT2D eigenvalue weighted by Crippen LogP contribution is -2.35. The van der Waals surface area contributed by atoms with Gasteiger partial charge < -0.3 is 5.11 Å². The molecule has 0 aliphatic carbocycles. The molecule has 0 fully saturated rings. The highest BCUT2D eigenvalue weighted by Gasteiger charge is 2.11. The molecule has 0 aromatic carbocycles. The lowest BCUT2D eigenvalue weighted by Gasteiger charge is -2.25. The first-order valence-corrected chi connectivity index (χ1v) is 7.30. The quantitative estimate of drug-likeness (QED) is 0.668. The first-order chi connectivity index (χ1) is 6.93. The Labute approximate surface area is 93.2 Å². The number of aliphatic hydroxyl groups excluding tert-OH is 1. The molecule has 5 heteroatoms. The fourth-order valence-electron chi connectivity index (χ4n) is 1.39. The van der Waals surface area contributed by atoms with Crippen LogP contribution in [0.4, 0.5) is 0 Å². The van der Waals surface area contributed by atoms with E-state index in [4.69, 9.17) is 5.11 Å². The molecule has 0 radical (unpaired) electrons. The fraction of sp³-hybridized carbons (Fsp3) is 1.00. The van der Waals surface area contributed by atoms with E-state index in [0.29, 0.717) is 19.0 Å². The van der Waals surface area contributed by atoms with Crippen LogP contribution in [0.15, 0.2) is 0 Å². The molecule has 0 aliphatic heterocycles. The Morgan fingerprint density at radius 1 is 1.27 bits per heavy atom. The largest absolute Gasteiger partial charge is 0.395 e. The van der Waals surface area contributed by atoms with Crippen molar-refractivity contribution in [1.29, 1.82) is 0 Å². The van der Waals surface area contributed by atoms with Crippen molar-refractivity contribution < 1.29 is 13.5 Å². The Kier molecular flexibility index (Phi) is 7.13. The van der Waals surface area contributed by atoms with Gasteiger partial charge in [-0.2, -0.15) is 0 Å². The van der Waals surface area contributed by atoms with Gasteiger partial charge in [-0.3, -0.25) is 4.90 Å². The number of aliphatic hydroxyl groups is 1. The van der Waals surface area contributed by atoms with E-state index in [9.17, 15) is 8.42 Å². The third kappa shape index (κ3) is 6.87. The number of rotatable bonds is 8. The number of hydrogen-bond donors (Lipinski definition) is 1. The van der Waals surface area contributed by atoms with Crippen molar-refractivity contribution in [3.05, 3.63) is 0 Å². The Balaban J connectivity index is 3.91. The maximum atomic E-state index is 11.2. The zero-order valence-electron chi connectivity index (χ0n) is 9.94. The van der Waals surface area contributed by atoms with E-state index in [2.05, 4.69) is 4.90 Å². The van der Waals surface area contributed by atoms with Gasteiger partial charge in [0.1, 0.15) is 9.84 Å². The Bertz CT molecular complexity index is 249. The second kappa shape index (κ2) is 7.19. The lowest BCUT2D eigenvalue weighted by atomic mass is 10.3. The predicted octanol–water partition coefficient (Wildman–Crippen LogP) is 0.514. The van der Waals surface area contributed by atoms with Gasteiger partial charge in [0.2, 0.25) is 0 Å². The molecule has 15 heavy (non-hydrogen) atoms. The smallest absolute Gasteiger partial charge is 0.150 e. The predicted molar refractivity (Wildman–Crippen MR) is 62.7 cm³/mol. The van der Waals surface area contributed by atoms with Gasteiger partial charge in [0.05, 0.1) is 12.4 Å². The van der Waals surface area contributed by atoms with E-state index in [0.717, 1.165) is 6.54 Å². The summed E-state index contributed by atoms with van der Waals surface area (Å²) < 4.78 is 22.5. The zero-order valence-corrected chi connectivity index (χ0v) is 10.8. The van der Waals surface area contributed by atoms with Crippen LogP contribution >= 0.6 is 0 Å². The van der Waals surface area contributed by atoms with Crippen molar-refractivity contribution >= 4 is 9.84 Å². The minimum atomic E-state index is -2.84. The molecule has 0 rings (SSSR count). The summed E-state index contributed by atoms with van der Waals surface area (Å²) in [6, 6.07) is 0.349. The first kappa shape index (κ1) is 14.9. The van der Waals surface area contributed by atoms with Crippen LogP contribution in [0.2, 0.25) is 0 Å². The van der Waals surface area contributed by atoms with Crippen molar-refractivity contribution in [2.45, 2.75) is 33.2 Å². The lowest BCUT2D eigenvalue weighted by molar-refractivity contribution is 0.166. The summed E-state index contributed by atoms with van der Waals surface area (Å²) in [6.07, 6.45) is 0.647. The van der Waals surface area contributed by atoms with Crippen LogP contribution in [0.25, 0.3) is 0 Å². The molecule has 0 aliphatic rings. The van der Waals surface area contributed by atoms with Crippen molar-refractivity contribution in [2.75, 3.05) is 31.2 Å². The molecule has 0 saturated carbocycles. The van der Waals surface area contributed by atoms with E-state index in [1.165, 1.54) is 0 Å². The van der Waals surface area contributed by atoms with Crippen LogP contribution in [0.3, 0.4) is 0 Å². The third-order valence-electron chi connectivity index (χ3n) is 2.46. The average Bonchev–Trinajstić information content (AvgIpc) is 2.16. The fourth-order valence-corrected chi connectivity index (χ4v) is 2.25. The molecule has 0 atom stereocenters. The SMILES string of the molecule is CCS(=O)(=O)CCCN(CCO)C(C)C. The van der Waals surface area contributed by atoms with Gasteiger partial charge in [-0.25, -0.2) is 8.42 Å². The second-order valence-electron chi connectivity index (χ2n) is 3.94. The molecule has 0 bridgehead atoms. The van der Waals surface area contributed by atoms with Gasteiger partial charge in [0.15, 0.2) is 0 Å². The van der Waals surface area contributed by atoms with Crippen molar-refractivity contribution in [2.24, 2.45) is 0 Å². The van der Waals surface area contributed by atoms with E-state index in [1.54, 1.807) is 6.92 Å². The molecular formula is C10H23NO3S. The van der Waals surface area contributed by atoms with Crippen LogP contribution < -0.4 is 0 Å². The Morgan fingerprint density at radius 2 is 1.87 bits per heavy atom. The maximum absolute atomic E-state index is 11.2. The molecule has 0 spiro atoms. The van der Waals surface area contributed by atoms with Crippen LogP contribution in [0.5, 0.6) is 0 Å². The third-order valence-corrected chi connectivity index (χ3v) is 4.25. The monoisotopic (exact) mass is 237 g/mol. The molecule has 0 unspecified atom stereocenters. The van der Waals surface area contributed by atoms with Gasteiger partial charge in [0, 0.05) is 18.3 Å². The number of hydrogen-bond acceptors (Lipinski definition) is 4. The van der Waals surface area contributed by atoms with Gasteiger partial charge in [-0.1, -0.05) is 6.92 Å². The van der Waals surface area contributed by atoms with Gasteiger partial charge in [0.25, 0.3) is 0 Å². The normalized spacial score (nSPS) is 12.7. The van der Waals surface area contributed by atoms with Crippen molar-refractivity contribution in [3.63, 3.8) is 0 Å². The molecule has 0 aromatic heterocycles. The highest BCUT2D eigenvalue weighted by molar-refractivity contribution is 7.91. The van der Waals surface area contributed by atoms with Crippen molar-refractivity contribution in [1.82, 2.24) is 4.90 Å². The zero-order chi connectivity index (χ0) is 11.9. The van der Waals surface area contributed by atoms with Gasteiger partial charge in [-0.15, -0.1) is 0 Å². The summed E-state index contributed by atoms with van der Waals surface area (Å²) in [6.45, 7) is 7.23. The standard InChI is InChI=1S/C10H23NO3S/c1-4-15(13,14)9-5-6-11(7-8-12)10(2)3/h10,12H,4-9H2,1-3H3. The van der Waals surface area contributed by atoms with Crippen LogP contribution in [0.1, 0.15) is 27.2 Å². The summed E-state index contributed by atoms with van der Waals surface area (Å²) in [5.74, 6) is 0.465. The van der Waals surface area contributed by atoms with Gasteiger partial charge in [-0.05, 0) is 26.8 Å². The molecular weight excluding hydrogens is 214 g/mol. The van der Waals surface area contributed by atoms with E-state index >= 15 is 0 Å². The van der Waals surface area contributed by atoms with Gasteiger partial charge >= 0.3 is 0 Å². The molecule has 1 N–H and O–H groups in total. The van der Waals surface area contributed by atoms with Crippen LogP contribution in [-0.4, -0.2) is 55.7 Å². The number of sulfone groups is 1. The minimum Gasteiger partial charge on any atom is -0.395 e. The van der Waals surface area contributed by atoms with E-state index in [1.807, 2.05) is 13.8 Å². The number of nitrogens with zero attached hydrogens (tertiary/aromatic N) is 1. The average molecular weight is 237 g/mol. The second-order valence-corrected chi connectivity index (χ2v) is 6.42. The Hall–Kier alpha value is -0.130. The highest BCUT2D eigenvalue weighted by Crippen LogP contribution is 2.01. The van der Waals surface area contributed by atoms with Crippen molar-refractivity contribution in [3.8, 4) is 0 Å². The molecule has 4 nitrogen and oxygen atoms in total. The minimum absolute atomic E-state index is 0.124. The molecule has 0 aromatic rings. The molecule has 0 heterocycles. The maximum Gasteiger partial charge on any atom is 0.150 e. The molecule has 0 amide bonds. The van der Waals surface area contributed by atoms with Crippen LogP contribution in [-0.2, 0) is 9.84 Å². The summed E-state index contributed by atoms with van der Waals surface area (Å²) in [7, 11) is -2.84. The molecule has 92 valence electrons. The first-order valence-electron chi connectivity index (χ1n) is 5.48. The Morgan fingerprint density at radius 3 is 2.27 bits per heavy atom.